The molecule has 0 aromatic carbocycles. The summed E-state index contributed by atoms with van der Waals surface area (Å²) in [5.74, 6) is 0. The van der Waals surface area contributed by atoms with Gasteiger partial charge in [0.2, 0.25) is 0 Å². The van der Waals surface area contributed by atoms with Crippen LogP contribution in [0, 0.1) is 0 Å². The summed E-state index contributed by atoms with van der Waals surface area (Å²) in [6, 6.07) is 0.513. The molecular formula is C10H17NO. The van der Waals surface area contributed by atoms with Gasteiger partial charge < -0.3 is 4.79 Å². The predicted molar refractivity (Wildman–Crippen MR) is 50.1 cm³/mol. The van der Waals surface area contributed by atoms with Crippen LogP contribution in [0.4, 0.5) is 0 Å². The summed E-state index contributed by atoms with van der Waals surface area (Å²) >= 11 is 0. The third-order valence-corrected chi connectivity index (χ3v) is 2.47. The first kappa shape index (κ1) is 9.46. The van der Waals surface area contributed by atoms with Crippen LogP contribution in [0.15, 0.2) is 12.7 Å². The second-order valence-corrected chi connectivity index (χ2v) is 3.29. The van der Waals surface area contributed by atoms with E-state index >= 15 is 0 Å². The van der Waals surface area contributed by atoms with E-state index in [4.69, 9.17) is 0 Å². The molecule has 0 bridgehead atoms. The van der Waals surface area contributed by atoms with Crippen molar-refractivity contribution < 1.29 is 4.79 Å². The van der Waals surface area contributed by atoms with Crippen molar-refractivity contribution in [3.05, 3.63) is 12.7 Å². The van der Waals surface area contributed by atoms with Crippen LogP contribution in [0.1, 0.15) is 25.7 Å². The SMILES string of the molecule is C=CC1CCCCN1CCC=O. The Balaban J connectivity index is 2.35. The Kier molecular flexibility index (Phi) is 4.01. The fourth-order valence-electron chi connectivity index (χ4n) is 1.78. The Morgan fingerprint density at radius 2 is 2.33 bits per heavy atom. The van der Waals surface area contributed by atoms with Gasteiger partial charge in [0.25, 0.3) is 0 Å². The summed E-state index contributed by atoms with van der Waals surface area (Å²) in [4.78, 5) is 12.5. The second kappa shape index (κ2) is 5.09. The Morgan fingerprint density at radius 1 is 1.50 bits per heavy atom. The number of carbonyl (C=O) groups is 1. The van der Waals surface area contributed by atoms with Gasteiger partial charge in [0.05, 0.1) is 0 Å². The van der Waals surface area contributed by atoms with Crippen LogP contribution < -0.4 is 0 Å². The zero-order valence-corrected chi connectivity index (χ0v) is 7.54. The van der Waals surface area contributed by atoms with E-state index in [0.717, 1.165) is 19.4 Å². The summed E-state index contributed by atoms with van der Waals surface area (Å²) in [5.41, 5.74) is 0. The molecule has 0 radical (unpaired) electrons. The molecule has 0 aliphatic carbocycles. The summed E-state index contributed by atoms with van der Waals surface area (Å²) in [7, 11) is 0. The number of aldehydes is 1. The second-order valence-electron chi connectivity index (χ2n) is 3.29. The van der Waals surface area contributed by atoms with Crippen molar-refractivity contribution in [1.82, 2.24) is 4.90 Å². The first-order valence-electron chi connectivity index (χ1n) is 4.68. The first-order chi connectivity index (χ1) is 5.88. The zero-order valence-electron chi connectivity index (χ0n) is 7.54. The van der Waals surface area contributed by atoms with Gasteiger partial charge in [0, 0.05) is 19.0 Å². The maximum atomic E-state index is 10.2. The lowest BCUT2D eigenvalue weighted by Gasteiger charge is -2.33. The minimum absolute atomic E-state index is 0.513. The summed E-state index contributed by atoms with van der Waals surface area (Å²) in [6.45, 7) is 5.85. The highest BCUT2D eigenvalue weighted by atomic mass is 16.1. The van der Waals surface area contributed by atoms with E-state index in [1.807, 2.05) is 6.08 Å². The number of hydrogen-bond acceptors (Lipinski definition) is 2. The van der Waals surface area contributed by atoms with E-state index in [0.29, 0.717) is 12.5 Å². The van der Waals surface area contributed by atoms with Crippen LogP contribution in [0.5, 0.6) is 0 Å². The fraction of sp³-hybridized carbons (Fsp3) is 0.700. The minimum Gasteiger partial charge on any atom is -0.303 e. The van der Waals surface area contributed by atoms with Gasteiger partial charge in [-0.3, -0.25) is 4.90 Å². The van der Waals surface area contributed by atoms with Crippen LogP contribution in [0.2, 0.25) is 0 Å². The number of piperidine rings is 1. The first-order valence-corrected chi connectivity index (χ1v) is 4.68. The number of hydrogen-bond donors (Lipinski definition) is 0. The molecule has 0 spiro atoms. The van der Waals surface area contributed by atoms with Crippen molar-refractivity contribution in [2.75, 3.05) is 13.1 Å². The maximum Gasteiger partial charge on any atom is 0.121 e. The molecule has 68 valence electrons. The molecule has 1 aliphatic rings. The summed E-state index contributed by atoms with van der Waals surface area (Å²) < 4.78 is 0. The van der Waals surface area contributed by atoms with Gasteiger partial charge in [-0.05, 0) is 19.4 Å². The van der Waals surface area contributed by atoms with E-state index in [9.17, 15) is 4.79 Å². The van der Waals surface area contributed by atoms with Crippen LogP contribution in [0.3, 0.4) is 0 Å². The average Bonchev–Trinajstić information content (AvgIpc) is 2.15. The molecule has 2 nitrogen and oxygen atoms in total. The maximum absolute atomic E-state index is 10.2. The minimum atomic E-state index is 0.513. The predicted octanol–water partition coefficient (Wildman–Crippen LogP) is 1.62. The standard InChI is InChI=1S/C10H17NO/c1-2-10-6-3-4-7-11(10)8-5-9-12/h2,9-10H,1,3-8H2. The largest absolute Gasteiger partial charge is 0.303 e. The molecule has 2 heteroatoms. The van der Waals surface area contributed by atoms with E-state index in [1.54, 1.807) is 0 Å². The molecule has 1 rings (SSSR count). The monoisotopic (exact) mass is 167 g/mol. The van der Waals surface area contributed by atoms with Gasteiger partial charge in [-0.1, -0.05) is 12.5 Å². The number of nitrogens with zero attached hydrogens (tertiary/aromatic N) is 1. The normalized spacial score (nSPS) is 25.2. The molecule has 0 aromatic heterocycles. The lowest BCUT2D eigenvalue weighted by molar-refractivity contribution is -0.108. The van der Waals surface area contributed by atoms with Gasteiger partial charge in [0.15, 0.2) is 0 Å². The van der Waals surface area contributed by atoms with E-state index in [1.165, 1.54) is 19.3 Å². The molecule has 1 heterocycles. The molecule has 1 saturated heterocycles. The van der Waals surface area contributed by atoms with Gasteiger partial charge in [-0.2, -0.15) is 0 Å². The molecule has 12 heavy (non-hydrogen) atoms. The average molecular weight is 167 g/mol. The lowest BCUT2D eigenvalue weighted by Crippen LogP contribution is -2.38. The van der Waals surface area contributed by atoms with Gasteiger partial charge in [0.1, 0.15) is 6.29 Å². The molecule has 1 unspecified atom stereocenters. The zero-order chi connectivity index (χ0) is 8.81. The Labute approximate surface area is 74.2 Å². The van der Waals surface area contributed by atoms with Crippen LogP contribution in [-0.4, -0.2) is 30.3 Å². The quantitative estimate of drug-likeness (QED) is 0.468. The molecule has 0 amide bonds. The molecule has 0 N–H and O–H groups in total. The third kappa shape index (κ3) is 2.45. The molecule has 1 fully saturated rings. The summed E-state index contributed by atoms with van der Waals surface area (Å²) in [6.07, 6.45) is 7.43. The van der Waals surface area contributed by atoms with Crippen molar-refractivity contribution in [1.29, 1.82) is 0 Å². The van der Waals surface area contributed by atoms with Crippen molar-refractivity contribution in [2.45, 2.75) is 31.7 Å². The topological polar surface area (TPSA) is 20.3 Å². The van der Waals surface area contributed by atoms with Crippen molar-refractivity contribution in [2.24, 2.45) is 0 Å². The fourth-order valence-corrected chi connectivity index (χ4v) is 1.78. The van der Waals surface area contributed by atoms with Gasteiger partial charge in [-0.15, -0.1) is 6.58 Å². The Morgan fingerprint density at radius 3 is 3.00 bits per heavy atom. The highest BCUT2D eigenvalue weighted by Gasteiger charge is 2.18. The van der Waals surface area contributed by atoms with E-state index < -0.39 is 0 Å². The number of likely N-dealkylation sites (tertiary alicyclic amines) is 1. The van der Waals surface area contributed by atoms with Crippen LogP contribution in [0.25, 0.3) is 0 Å². The van der Waals surface area contributed by atoms with Gasteiger partial charge >= 0.3 is 0 Å². The van der Waals surface area contributed by atoms with E-state index in [-0.39, 0.29) is 0 Å². The van der Waals surface area contributed by atoms with Crippen molar-refractivity contribution in [3.63, 3.8) is 0 Å². The molecule has 0 aromatic rings. The Hall–Kier alpha value is -0.630. The highest BCUT2D eigenvalue weighted by molar-refractivity contribution is 5.49. The van der Waals surface area contributed by atoms with Crippen LogP contribution >= 0.6 is 0 Å². The number of rotatable bonds is 4. The molecule has 0 saturated carbocycles. The lowest BCUT2D eigenvalue weighted by atomic mass is 10.0. The van der Waals surface area contributed by atoms with Crippen LogP contribution in [-0.2, 0) is 4.79 Å². The third-order valence-electron chi connectivity index (χ3n) is 2.47. The highest BCUT2D eigenvalue weighted by Crippen LogP contribution is 2.17. The van der Waals surface area contributed by atoms with Crippen molar-refractivity contribution in [3.8, 4) is 0 Å². The molecular weight excluding hydrogens is 150 g/mol. The van der Waals surface area contributed by atoms with Crippen molar-refractivity contribution >= 4 is 6.29 Å². The summed E-state index contributed by atoms with van der Waals surface area (Å²) in [5, 5.41) is 0. The van der Waals surface area contributed by atoms with Gasteiger partial charge in [-0.25, -0.2) is 0 Å². The number of carbonyl (C=O) groups excluding carboxylic acids is 1. The Bertz CT molecular complexity index is 156. The smallest absolute Gasteiger partial charge is 0.121 e. The molecule has 1 aliphatic heterocycles. The molecule has 1 atom stereocenters. The van der Waals surface area contributed by atoms with E-state index in [2.05, 4.69) is 11.5 Å².